The Morgan fingerprint density at radius 1 is 1.24 bits per heavy atom. The van der Waals surface area contributed by atoms with E-state index in [9.17, 15) is 9.18 Å². The molecule has 0 saturated heterocycles. The molecule has 3 aliphatic heterocycles. The summed E-state index contributed by atoms with van der Waals surface area (Å²) in [5.74, 6) is 1.19. The molecule has 1 aromatic rings. The highest BCUT2D eigenvalue weighted by molar-refractivity contribution is 5.90. The third-order valence-electron chi connectivity index (χ3n) is 5.68. The Morgan fingerprint density at radius 2 is 2.03 bits per heavy atom. The van der Waals surface area contributed by atoms with E-state index in [1.807, 2.05) is 13.0 Å². The zero-order valence-corrected chi connectivity index (χ0v) is 20.2. The number of carbonyl (C=O) groups excluding carboxylic acids is 1. The number of hydrogen-bond donors (Lipinski definition) is 4. The summed E-state index contributed by atoms with van der Waals surface area (Å²) in [5, 5.41) is 12.2. The predicted molar refractivity (Wildman–Crippen MR) is 132 cm³/mol. The van der Waals surface area contributed by atoms with Crippen molar-refractivity contribution in [2.75, 3.05) is 36.1 Å². The molecule has 0 unspecified atom stereocenters. The van der Waals surface area contributed by atoms with Crippen LogP contribution >= 0.6 is 0 Å². The molecule has 4 rings (SSSR count). The predicted octanol–water partition coefficient (Wildman–Crippen LogP) is 4.09. The van der Waals surface area contributed by atoms with Gasteiger partial charge in [0.05, 0.1) is 11.4 Å². The summed E-state index contributed by atoms with van der Waals surface area (Å²) in [7, 11) is 1.66. The Labute approximate surface area is 198 Å². The van der Waals surface area contributed by atoms with Gasteiger partial charge in [-0.2, -0.15) is 4.98 Å². The molecule has 34 heavy (non-hydrogen) atoms. The zero-order chi connectivity index (χ0) is 24.5. The molecule has 0 fully saturated rings. The van der Waals surface area contributed by atoms with Gasteiger partial charge in [0.25, 0.3) is 0 Å². The van der Waals surface area contributed by atoms with Crippen LogP contribution in [0.3, 0.4) is 0 Å². The molecule has 9 nitrogen and oxygen atoms in total. The molecule has 0 spiro atoms. The number of benzene rings is 1. The maximum absolute atomic E-state index is 14.6. The fourth-order valence-electron chi connectivity index (χ4n) is 3.83. The number of nitrogens with zero attached hydrogens (tertiary/aromatic N) is 4. The number of amides is 2. The van der Waals surface area contributed by atoms with Crippen LogP contribution in [0.1, 0.15) is 32.8 Å². The van der Waals surface area contributed by atoms with Crippen molar-refractivity contribution in [3.8, 4) is 11.4 Å². The Balaban J connectivity index is 1.60. The highest BCUT2D eigenvalue weighted by Gasteiger charge is 2.22. The van der Waals surface area contributed by atoms with Gasteiger partial charge in [0.15, 0.2) is 0 Å². The van der Waals surface area contributed by atoms with Crippen LogP contribution in [-0.4, -0.2) is 40.7 Å². The second-order valence-electron chi connectivity index (χ2n) is 9.62. The summed E-state index contributed by atoms with van der Waals surface area (Å²) in [5.41, 5.74) is 3.71. The smallest absolute Gasteiger partial charge is 0.319 e. The molecule has 4 N–H and O–H groups in total. The fraction of sp³-hybridized carbons (Fsp3) is 0.417. The number of carbonyl (C=O) groups is 1. The van der Waals surface area contributed by atoms with Crippen LogP contribution < -0.4 is 26.9 Å². The highest BCUT2D eigenvalue weighted by atomic mass is 19.1. The monoisotopic (exact) mass is 466 g/mol. The van der Waals surface area contributed by atoms with Crippen molar-refractivity contribution in [1.82, 2.24) is 19.9 Å². The van der Waals surface area contributed by atoms with E-state index in [4.69, 9.17) is 0 Å². The molecule has 180 valence electrons. The number of halogens is 1. The van der Waals surface area contributed by atoms with Gasteiger partial charge in [-0.25, -0.2) is 14.2 Å². The average Bonchev–Trinajstić information content (AvgIpc) is 3.26. The van der Waals surface area contributed by atoms with E-state index in [-0.39, 0.29) is 11.1 Å². The van der Waals surface area contributed by atoms with Crippen LogP contribution in [-0.2, 0) is 6.54 Å². The summed E-state index contributed by atoms with van der Waals surface area (Å²) in [6.07, 6.45) is 2.56. The van der Waals surface area contributed by atoms with E-state index in [1.165, 1.54) is 6.07 Å². The van der Waals surface area contributed by atoms with Gasteiger partial charge in [-0.3, -0.25) is 4.99 Å². The summed E-state index contributed by atoms with van der Waals surface area (Å²) in [4.78, 5) is 25.2. The van der Waals surface area contributed by atoms with Crippen molar-refractivity contribution in [2.45, 2.75) is 40.7 Å². The molecule has 10 heteroatoms. The first-order valence-electron chi connectivity index (χ1n) is 11.3. The first-order valence-corrected chi connectivity index (χ1v) is 11.3. The van der Waals surface area contributed by atoms with E-state index in [2.05, 4.69) is 61.6 Å². The summed E-state index contributed by atoms with van der Waals surface area (Å²) in [6, 6.07) is 4.54. The molecule has 0 saturated carbocycles. The van der Waals surface area contributed by atoms with Crippen LogP contribution in [0.15, 0.2) is 29.4 Å². The fourth-order valence-corrected chi connectivity index (χ4v) is 3.83. The molecule has 2 amide bonds. The van der Waals surface area contributed by atoms with Crippen LogP contribution in [0.4, 0.5) is 32.1 Å². The number of aromatic nitrogens is 3. The van der Waals surface area contributed by atoms with E-state index in [0.717, 1.165) is 42.4 Å². The molecular weight excluding hydrogens is 435 g/mol. The van der Waals surface area contributed by atoms with E-state index < -0.39 is 11.8 Å². The van der Waals surface area contributed by atoms with Crippen molar-refractivity contribution in [2.24, 2.45) is 10.4 Å². The minimum Gasteiger partial charge on any atom is -0.368 e. The summed E-state index contributed by atoms with van der Waals surface area (Å²) < 4.78 is 16.7. The largest absolute Gasteiger partial charge is 0.368 e. The van der Waals surface area contributed by atoms with Gasteiger partial charge in [-0.1, -0.05) is 20.8 Å². The van der Waals surface area contributed by atoms with Crippen LogP contribution in [0.2, 0.25) is 0 Å². The molecular formula is C24H31FN8O. The van der Waals surface area contributed by atoms with Gasteiger partial charge >= 0.3 is 6.03 Å². The molecule has 1 aromatic carbocycles. The number of fused-ring (bicyclic) bond motifs is 3. The molecule has 0 atom stereocenters. The van der Waals surface area contributed by atoms with Crippen molar-refractivity contribution in [1.29, 1.82) is 0 Å². The van der Waals surface area contributed by atoms with Crippen molar-refractivity contribution in [3.63, 3.8) is 0 Å². The first kappa shape index (κ1) is 23.5. The van der Waals surface area contributed by atoms with Gasteiger partial charge < -0.3 is 25.8 Å². The molecule has 3 aliphatic rings. The second-order valence-corrected chi connectivity index (χ2v) is 9.62. The van der Waals surface area contributed by atoms with Gasteiger partial charge in [0.1, 0.15) is 17.5 Å². The Bertz CT molecular complexity index is 1260. The number of aryl methyl sites for hydroxylation is 1. The minimum atomic E-state index is -0.491. The third-order valence-corrected chi connectivity index (χ3v) is 5.68. The van der Waals surface area contributed by atoms with Crippen molar-refractivity contribution < 1.29 is 9.18 Å². The lowest BCUT2D eigenvalue weighted by molar-refractivity contribution is 0.250. The maximum atomic E-state index is 14.6. The lowest BCUT2D eigenvalue weighted by atomic mass is 9.92. The Morgan fingerprint density at radius 3 is 2.76 bits per heavy atom. The first-order chi connectivity index (χ1) is 16.1. The Kier molecular flexibility index (Phi) is 6.41. The van der Waals surface area contributed by atoms with E-state index in [0.29, 0.717) is 23.4 Å². The number of anilines is 4. The molecule has 0 bridgehead atoms. The summed E-state index contributed by atoms with van der Waals surface area (Å²) in [6.45, 7) is 10.2. The SMILES string of the molecule is CN=c1ncc2cc(Nc3cc(NC(=O)NCCC(C)(C)C)c(F)cc3C)c3n(c-2n1)CCN3. The standard InChI is InChI=1S/C24H31FN8O/c1-14-10-16(25)18(31-23(34)28-7-6-24(2,3)4)12-17(14)30-19-11-15-13-29-22(26-5)32-20(15)33-9-8-27-21(19)33/h10-13,27,30H,6-9H2,1-5H3,(H2,28,31,34). The van der Waals surface area contributed by atoms with Gasteiger partial charge in [0, 0.05) is 44.1 Å². The van der Waals surface area contributed by atoms with Gasteiger partial charge in [-0.15, -0.1) is 0 Å². The lowest BCUT2D eigenvalue weighted by Crippen LogP contribution is -2.31. The zero-order valence-electron chi connectivity index (χ0n) is 20.2. The molecule has 0 aliphatic carbocycles. The second kappa shape index (κ2) is 9.28. The topological polar surface area (TPSA) is 108 Å². The van der Waals surface area contributed by atoms with Crippen LogP contribution in [0.25, 0.3) is 11.4 Å². The van der Waals surface area contributed by atoms with Gasteiger partial charge in [-0.05, 0) is 42.5 Å². The third kappa shape index (κ3) is 5.11. The van der Waals surface area contributed by atoms with Crippen molar-refractivity contribution >= 4 is 28.9 Å². The Hall–Kier alpha value is -3.69. The summed E-state index contributed by atoms with van der Waals surface area (Å²) >= 11 is 0. The number of pyridine rings is 1. The van der Waals surface area contributed by atoms with E-state index in [1.54, 1.807) is 19.3 Å². The van der Waals surface area contributed by atoms with Crippen LogP contribution in [0, 0.1) is 18.2 Å². The number of urea groups is 1. The number of rotatable bonds is 5. The minimum absolute atomic E-state index is 0.101. The number of nitrogens with one attached hydrogen (secondary N) is 4. The van der Waals surface area contributed by atoms with Crippen molar-refractivity contribution in [3.05, 3.63) is 41.4 Å². The quantitative estimate of drug-likeness (QED) is 0.453. The molecule has 0 aromatic heterocycles. The number of hydrogen-bond acceptors (Lipinski definition) is 6. The van der Waals surface area contributed by atoms with Crippen LogP contribution in [0.5, 0.6) is 0 Å². The highest BCUT2D eigenvalue weighted by Crippen LogP contribution is 2.36. The molecule has 3 heterocycles. The van der Waals surface area contributed by atoms with E-state index >= 15 is 0 Å². The average molecular weight is 467 g/mol. The lowest BCUT2D eigenvalue weighted by Gasteiger charge is -2.20. The molecule has 0 radical (unpaired) electrons. The normalized spacial score (nSPS) is 13.5. The van der Waals surface area contributed by atoms with Gasteiger partial charge in [0.2, 0.25) is 5.62 Å². The maximum Gasteiger partial charge on any atom is 0.319 e.